The molecule has 7 heteroatoms. The van der Waals surface area contributed by atoms with E-state index in [1.807, 2.05) is 19.9 Å². The van der Waals surface area contributed by atoms with E-state index in [1.165, 1.54) is 13.0 Å². The molecule has 0 saturated heterocycles. The number of aliphatic hydroxyl groups is 2. The number of aliphatic hydroxyl groups excluding tert-OH is 1. The lowest BCUT2D eigenvalue weighted by atomic mass is 9.91. The second-order valence-corrected chi connectivity index (χ2v) is 9.15. The van der Waals surface area contributed by atoms with Gasteiger partial charge in [-0.2, -0.15) is 0 Å². The molecule has 2 unspecified atom stereocenters. The zero-order valence-electron chi connectivity index (χ0n) is 19.5. The minimum Gasteiger partial charge on any atom is -0.507 e. The highest BCUT2D eigenvalue weighted by atomic mass is 16.5. The Morgan fingerprint density at radius 2 is 2.03 bits per heavy atom. The van der Waals surface area contributed by atoms with Gasteiger partial charge in [-0.1, -0.05) is 11.6 Å². The van der Waals surface area contributed by atoms with Crippen molar-refractivity contribution in [3.63, 3.8) is 0 Å². The van der Waals surface area contributed by atoms with Crippen molar-refractivity contribution in [3.05, 3.63) is 40.5 Å². The third kappa shape index (κ3) is 6.68. The van der Waals surface area contributed by atoms with Crippen LogP contribution >= 0.6 is 0 Å². The number of esters is 1. The van der Waals surface area contributed by atoms with Crippen LogP contribution in [0.15, 0.2) is 23.8 Å². The molecule has 176 valence electrons. The third-order valence-corrected chi connectivity index (χ3v) is 5.67. The molecule has 0 fully saturated rings. The normalized spacial score (nSPS) is 19.2. The summed E-state index contributed by atoms with van der Waals surface area (Å²) in [4.78, 5) is 22.9. The van der Waals surface area contributed by atoms with Crippen LogP contribution in [0.4, 0.5) is 0 Å². The Kier molecular flexibility index (Phi) is 8.26. The molecule has 1 heterocycles. The maximum Gasteiger partial charge on any atom is 0.302 e. The number of fused-ring (bicyclic) bond motifs is 1. The van der Waals surface area contributed by atoms with E-state index in [9.17, 15) is 24.9 Å². The molecule has 1 aromatic carbocycles. The summed E-state index contributed by atoms with van der Waals surface area (Å²) in [6.07, 6.45) is 8.00. The number of phenolic OH excluding ortho intramolecular Hbond substituents is 1. The number of rotatable bonds is 10. The number of hydrogen-bond donors (Lipinski definition) is 3. The molecular weight excluding hydrogens is 412 g/mol. The lowest BCUT2D eigenvalue weighted by Gasteiger charge is -2.33. The quantitative estimate of drug-likeness (QED) is 0.282. The van der Waals surface area contributed by atoms with Crippen LogP contribution in [0, 0.1) is 0 Å². The molecule has 0 aliphatic carbocycles. The summed E-state index contributed by atoms with van der Waals surface area (Å²) >= 11 is 0. The van der Waals surface area contributed by atoms with Gasteiger partial charge in [0, 0.05) is 12.5 Å². The highest BCUT2D eigenvalue weighted by Gasteiger charge is 2.31. The molecule has 7 nitrogen and oxygen atoms in total. The fourth-order valence-electron chi connectivity index (χ4n) is 3.51. The average molecular weight is 447 g/mol. The van der Waals surface area contributed by atoms with Crippen LogP contribution in [-0.2, 0) is 16.1 Å². The zero-order chi connectivity index (χ0) is 24.1. The Labute approximate surface area is 189 Å². The minimum absolute atomic E-state index is 0.0489. The molecule has 0 spiro atoms. The van der Waals surface area contributed by atoms with Gasteiger partial charge in [0.2, 0.25) is 0 Å². The topological polar surface area (TPSA) is 113 Å². The number of phenols is 1. The average Bonchev–Trinajstić information content (AvgIpc) is 2.69. The highest BCUT2D eigenvalue weighted by molar-refractivity contribution is 5.87. The molecule has 2 atom stereocenters. The van der Waals surface area contributed by atoms with E-state index in [0.29, 0.717) is 43.1 Å². The van der Waals surface area contributed by atoms with Crippen molar-refractivity contribution in [2.45, 2.75) is 84.2 Å². The van der Waals surface area contributed by atoms with Gasteiger partial charge in [0.25, 0.3) is 0 Å². The second kappa shape index (κ2) is 10.3. The fourth-order valence-corrected chi connectivity index (χ4v) is 3.51. The molecule has 1 aliphatic heterocycles. The molecule has 0 radical (unpaired) electrons. The van der Waals surface area contributed by atoms with Gasteiger partial charge in [-0.05, 0) is 71.6 Å². The first-order valence-electron chi connectivity index (χ1n) is 10.8. The van der Waals surface area contributed by atoms with Crippen molar-refractivity contribution in [2.75, 3.05) is 0 Å². The van der Waals surface area contributed by atoms with E-state index in [1.54, 1.807) is 19.9 Å². The molecule has 32 heavy (non-hydrogen) atoms. The van der Waals surface area contributed by atoms with E-state index in [0.717, 1.165) is 5.57 Å². The number of aromatic hydroxyl groups is 1. The van der Waals surface area contributed by atoms with Gasteiger partial charge < -0.3 is 24.8 Å². The van der Waals surface area contributed by atoms with Gasteiger partial charge in [0.15, 0.2) is 6.29 Å². The van der Waals surface area contributed by atoms with E-state index in [2.05, 4.69) is 6.08 Å². The molecule has 0 bridgehead atoms. The van der Waals surface area contributed by atoms with Crippen molar-refractivity contribution in [1.29, 1.82) is 0 Å². The van der Waals surface area contributed by atoms with Crippen LogP contribution < -0.4 is 4.74 Å². The first kappa shape index (κ1) is 25.6. The zero-order valence-corrected chi connectivity index (χ0v) is 19.5. The molecule has 2 rings (SSSR count). The minimum atomic E-state index is -1.13. The maximum absolute atomic E-state index is 11.8. The molecule has 1 aromatic rings. The van der Waals surface area contributed by atoms with Crippen molar-refractivity contribution in [1.82, 2.24) is 0 Å². The first-order chi connectivity index (χ1) is 14.9. The van der Waals surface area contributed by atoms with Crippen molar-refractivity contribution >= 4 is 18.3 Å². The number of carbonyl (C=O) groups excluding carboxylic acids is 2. The number of aldehydes is 1. The van der Waals surface area contributed by atoms with Gasteiger partial charge in [0.1, 0.15) is 23.7 Å². The Morgan fingerprint density at radius 3 is 2.62 bits per heavy atom. The van der Waals surface area contributed by atoms with E-state index >= 15 is 0 Å². The Morgan fingerprint density at radius 1 is 1.34 bits per heavy atom. The monoisotopic (exact) mass is 446 g/mol. The molecule has 1 aliphatic rings. The smallest absolute Gasteiger partial charge is 0.302 e. The summed E-state index contributed by atoms with van der Waals surface area (Å²) in [6.45, 7) is 8.20. The second-order valence-electron chi connectivity index (χ2n) is 9.15. The largest absolute Gasteiger partial charge is 0.507 e. The number of allylic oxidation sites excluding steroid dienone is 2. The summed E-state index contributed by atoms with van der Waals surface area (Å²) < 4.78 is 11.2. The van der Waals surface area contributed by atoms with Gasteiger partial charge in [0.05, 0.1) is 22.8 Å². The summed E-state index contributed by atoms with van der Waals surface area (Å²) in [5.41, 5.74) is 0.334. The van der Waals surface area contributed by atoms with Crippen molar-refractivity contribution in [2.24, 2.45) is 0 Å². The first-order valence-corrected chi connectivity index (χ1v) is 10.8. The van der Waals surface area contributed by atoms with Gasteiger partial charge in [-0.25, -0.2) is 0 Å². The third-order valence-electron chi connectivity index (χ3n) is 5.67. The molecule has 0 saturated carbocycles. The van der Waals surface area contributed by atoms with Crippen molar-refractivity contribution < 1.29 is 34.4 Å². The van der Waals surface area contributed by atoms with Crippen LogP contribution in [0.2, 0.25) is 0 Å². The summed E-state index contributed by atoms with van der Waals surface area (Å²) in [5, 5.41) is 30.2. The van der Waals surface area contributed by atoms with Crippen molar-refractivity contribution in [3.8, 4) is 11.5 Å². The molecule has 0 aromatic heterocycles. The van der Waals surface area contributed by atoms with E-state index < -0.39 is 23.3 Å². The predicted molar refractivity (Wildman–Crippen MR) is 122 cm³/mol. The summed E-state index contributed by atoms with van der Waals surface area (Å²) in [6, 6.07) is 1.41. The van der Waals surface area contributed by atoms with Gasteiger partial charge in [-0.15, -0.1) is 0 Å². The molecular formula is C25H34O7. The summed E-state index contributed by atoms with van der Waals surface area (Å²) in [7, 11) is 0. The van der Waals surface area contributed by atoms with Crippen LogP contribution in [0.3, 0.4) is 0 Å². The predicted octanol–water partition coefficient (Wildman–Crippen LogP) is 4.07. The molecule has 0 amide bonds. The maximum atomic E-state index is 11.8. The van der Waals surface area contributed by atoms with E-state index in [4.69, 9.17) is 9.47 Å². The van der Waals surface area contributed by atoms with E-state index in [-0.39, 0.29) is 23.7 Å². The number of hydrogen-bond acceptors (Lipinski definition) is 7. The lowest BCUT2D eigenvalue weighted by molar-refractivity contribution is -0.142. The highest BCUT2D eigenvalue weighted by Crippen LogP contribution is 2.42. The number of ether oxygens (including phenoxy) is 2. The van der Waals surface area contributed by atoms with Crippen LogP contribution in [0.25, 0.3) is 6.08 Å². The summed E-state index contributed by atoms with van der Waals surface area (Å²) in [5.74, 6) is -0.254. The fraction of sp³-hybridized carbons (Fsp3) is 0.520. The van der Waals surface area contributed by atoms with Gasteiger partial charge >= 0.3 is 5.97 Å². The van der Waals surface area contributed by atoms with Crippen LogP contribution in [-0.4, -0.2) is 44.9 Å². The van der Waals surface area contributed by atoms with Crippen LogP contribution in [0.5, 0.6) is 11.5 Å². The van der Waals surface area contributed by atoms with Gasteiger partial charge in [-0.3, -0.25) is 9.59 Å². The van der Waals surface area contributed by atoms with Crippen LogP contribution in [0.1, 0.15) is 81.8 Å². The SMILES string of the molecule is CC(=O)OCc1cc(O)c2c(c1C=O)OC(C)(CCC=C(C)CCC(O)C(C)(C)O)C=C2. The number of carbonyl (C=O) groups is 2. The number of benzene rings is 1. The Hall–Kier alpha value is -2.64. The standard InChI is InChI=1S/C25H34O7/c1-16(8-9-22(29)24(3,4)30)7-6-11-25(5)12-10-19-21(28)13-18(15-31-17(2)27)20(14-26)23(19)32-25/h7,10,12-14,22,28-30H,6,8-9,11,15H2,1-5H3. The Bertz CT molecular complexity index is 908. The molecule has 3 N–H and O–H groups in total. The Balaban J connectivity index is 2.10. The lowest BCUT2D eigenvalue weighted by Crippen LogP contribution is -2.35.